The van der Waals surface area contributed by atoms with E-state index in [0.29, 0.717) is 16.2 Å². The van der Waals surface area contributed by atoms with Gasteiger partial charge in [-0.1, -0.05) is 19.3 Å². The van der Waals surface area contributed by atoms with Crippen LogP contribution >= 0.6 is 15.9 Å². The summed E-state index contributed by atoms with van der Waals surface area (Å²) >= 11 is 3.21. The molecule has 0 radical (unpaired) electrons. The Bertz CT molecular complexity index is 461. The minimum Gasteiger partial charge on any atom is -0.362 e. The third-order valence-corrected chi connectivity index (χ3v) is 4.19. The summed E-state index contributed by atoms with van der Waals surface area (Å²) in [5.74, 6) is 0.949. The molecule has 1 N–H and O–H groups in total. The molecule has 1 atom stereocenters. The van der Waals surface area contributed by atoms with E-state index >= 15 is 0 Å². The molecule has 1 fully saturated rings. The maximum absolute atomic E-state index is 11.0. The predicted molar refractivity (Wildman–Crippen MR) is 78.3 cm³/mol. The molecule has 1 unspecified atom stereocenters. The zero-order valence-electron chi connectivity index (χ0n) is 10.9. The van der Waals surface area contributed by atoms with Gasteiger partial charge in [0.1, 0.15) is 0 Å². The lowest BCUT2D eigenvalue weighted by Crippen LogP contribution is -2.28. The van der Waals surface area contributed by atoms with Crippen LogP contribution in [-0.4, -0.2) is 15.9 Å². The van der Waals surface area contributed by atoms with Gasteiger partial charge in [0.2, 0.25) is 5.82 Å². The standard InChI is InChI=1S/C13H18BrN3O2/c1-9(10-5-3-2-4-6-10)16-13-12(17(18)19)7-11(14)8-15-13/h7-10H,2-6H2,1H3,(H,15,16). The number of aromatic nitrogens is 1. The maximum atomic E-state index is 11.0. The second-order valence-corrected chi connectivity index (χ2v) is 6.03. The van der Waals surface area contributed by atoms with Crippen molar-refractivity contribution in [1.82, 2.24) is 4.98 Å². The van der Waals surface area contributed by atoms with Crippen molar-refractivity contribution >= 4 is 27.4 Å². The molecule has 1 aliphatic carbocycles. The van der Waals surface area contributed by atoms with Crippen LogP contribution < -0.4 is 5.32 Å². The fourth-order valence-electron chi connectivity index (χ4n) is 2.65. The average molecular weight is 328 g/mol. The summed E-state index contributed by atoms with van der Waals surface area (Å²) in [5, 5.41) is 14.3. The molecule has 1 saturated carbocycles. The highest BCUT2D eigenvalue weighted by molar-refractivity contribution is 9.10. The van der Waals surface area contributed by atoms with Gasteiger partial charge in [-0.3, -0.25) is 10.1 Å². The molecule has 6 heteroatoms. The molecule has 0 aliphatic heterocycles. The van der Waals surface area contributed by atoms with E-state index in [9.17, 15) is 10.1 Å². The minimum absolute atomic E-state index is 0.0250. The fourth-order valence-corrected chi connectivity index (χ4v) is 2.97. The number of nitrogens with zero attached hydrogens (tertiary/aromatic N) is 2. The molecule has 0 spiro atoms. The Kier molecular flexibility index (Phi) is 4.74. The molecule has 19 heavy (non-hydrogen) atoms. The van der Waals surface area contributed by atoms with Crippen LogP contribution in [0.3, 0.4) is 0 Å². The molecule has 1 heterocycles. The Hall–Kier alpha value is -1.17. The van der Waals surface area contributed by atoms with E-state index in [-0.39, 0.29) is 11.7 Å². The highest BCUT2D eigenvalue weighted by Crippen LogP contribution is 2.30. The van der Waals surface area contributed by atoms with E-state index in [1.165, 1.54) is 38.2 Å². The van der Waals surface area contributed by atoms with Gasteiger partial charge in [-0.05, 0) is 41.6 Å². The highest BCUT2D eigenvalue weighted by Gasteiger charge is 2.23. The second-order valence-electron chi connectivity index (χ2n) is 5.11. The van der Waals surface area contributed by atoms with E-state index in [2.05, 4.69) is 33.2 Å². The van der Waals surface area contributed by atoms with Gasteiger partial charge in [-0.2, -0.15) is 0 Å². The van der Waals surface area contributed by atoms with E-state index in [4.69, 9.17) is 0 Å². The monoisotopic (exact) mass is 327 g/mol. The van der Waals surface area contributed by atoms with Crippen LogP contribution in [0.4, 0.5) is 11.5 Å². The first-order valence-corrected chi connectivity index (χ1v) is 7.43. The number of hydrogen-bond donors (Lipinski definition) is 1. The number of nitro groups is 1. The molecule has 0 saturated heterocycles. The molecule has 1 aliphatic rings. The largest absolute Gasteiger partial charge is 0.362 e. The lowest BCUT2D eigenvalue weighted by Gasteiger charge is -2.28. The lowest BCUT2D eigenvalue weighted by atomic mass is 9.84. The quantitative estimate of drug-likeness (QED) is 0.666. The summed E-state index contributed by atoms with van der Waals surface area (Å²) in [6.07, 6.45) is 7.79. The van der Waals surface area contributed by atoms with Gasteiger partial charge >= 0.3 is 5.69 Å². The van der Waals surface area contributed by atoms with Crippen LogP contribution in [0.15, 0.2) is 16.7 Å². The summed E-state index contributed by atoms with van der Waals surface area (Å²) in [7, 11) is 0. The Morgan fingerprint density at radius 1 is 1.47 bits per heavy atom. The van der Waals surface area contributed by atoms with Crippen molar-refractivity contribution in [3.63, 3.8) is 0 Å². The molecular weight excluding hydrogens is 310 g/mol. The molecule has 104 valence electrons. The van der Waals surface area contributed by atoms with Crippen molar-refractivity contribution in [3.05, 3.63) is 26.9 Å². The molecule has 0 aromatic carbocycles. The average Bonchev–Trinajstić information content (AvgIpc) is 2.41. The van der Waals surface area contributed by atoms with Crippen LogP contribution in [0.25, 0.3) is 0 Å². The van der Waals surface area contributed by atoms with Crippen LogP contribution in [-0.2, 0) is 0 Å². The first kappa shape index (κ1) is 14.2. The third-order valence-electron chi connectivity index (χ3n) is 3.75. The topological polar surface area (TPSA) is 68.1 Å². The molecule has 0 amide bonds. The molecule has 1 aromatic rings. The molecule has 2 rings (SSSR count). The lowest BCUT2D eigenvalue weighted by molar-refractivity contribution is -0.384. The number of nitrogens with one attached hydrogen (secondary N) is 1. The Morgan fingerprint density at radius 3 is 2.79 bits per heavy atom. The summed E-state index contributed by atoms with van der Waals surface area (Å²) in [4.78, 5) is 14.8. The van der Waals surface area contributed by atoms with Crippen molar-refractivity contribution in [2.45, 2.75) is 45.1 Å². The molecule has 5 nitrogen and oxygen atoms in total. The van der Waals surface area contributed by atoms with Gasteiger partial charge < -0.3 is 5.32 Å². The highest BCUT2D eigenvalue weighted by atomic mass is 79.9. The van der Waals surface area contributed by atoms with Crippen molar-refractivity contribution < 1.29 is 4.92 Å². The van der Waals surface area contributed by atoms with Crippen LogP contribution in [0.5, 0.6) is 0 Å². The van der Waals surface area contributed by atoms with Crippen molar-refractivity contribution in [2.24, 2.45) is 5.92 Å². The Morgan fingerprint density at radius 2 is 2.16 bits per heavy atom. The van der Waals surface area contributed by atoms with Crippen molar-refractivity contribution in [1.29, 1.82) is 0 Å². The van der Waals surface area contributed by atoms with E-state index in [0.717, 1.165) is 0 Å². The number of anilines is 1. The number of pyridine rings is 1. The van der Waals surface area contributed by atoms with Gasteiger partial charge in [-0.25, -0.2) is 4.98 Å². The summed E-state index contributed by atoms with van der Waals surface area (Å²) in [6, 6.07) is 1.70. The van der Waals surface area contributed by atoms with Gasteiger partial charge in [0.15, 0.2) is 0 Å². The SMILES string of the molecule is CC(Nc1ncc(Br)cc1[N+](=O)[O-])C1CCCCC1. The Labute approximate surface area is 121 Å². The zero-order valence-corrected chi connectivity index (χ0v) is 12.5. The van der Waals surface area contributed by atoms with E-state index < -0.39 is 4.92 Å². The maximum Gasteiger partial charge on any atom is 0.312 e. The Balaban J connectivity index is 2.11. The van der Waals surface area contributed by atoms with Crippen LogP contribution in [0.1, 0.15) is 39.0 Å². The van der Waals surface area contributed by atoms with Crippen LogP contribution in [0.2, 0.25) is 0 Å². The first-order chi connectivity index (χ1) is 9.08. The molecule has 1 aromatic heterocycles. The predicted octanol–water partition coefficient (Wildman–Crippen LogP) is 4.13. The first-order valence-electron chi connectivity index (χ1n) is 6.64. The third kappa shape index (κ3) is 3.65. The van der Waals surface area contributed by atoms with E-state index in [1.54, 1.807) is 6.20 Å². The van der Waals surface area contributed by atoms with Crippen LogP contribution in [0, 0.1) is 16.0 Å². The zero-order chi connectivity index (χ0) is 13.8. The smallest absolute Gasteiger partial charge is 0.312 e. The molecular formula is C13H18BrN3O2. The van der Waals surface area contributed by atoms with Crippen molar-refractivity contribution in [2.75, 3.05) is 5.32 Å². The number of rotatable bonds is 4. The van der Waals surface area contributed by atoms with Gasteiger partial charge in [-0.15, -0.1) is 0 Å². The molecule has 0 bridgehead atoms. The summed E-state index contributed by atoms with van der Waals surface area (Å²) in [5.41, 5.74) is 0.0250. The number of hydrogen-bond acceptors (Lipinski definition) is 4. The van der Waals surface area contributed by atoms with E-state index in [1.807, 2.05) is 0 Å². The van der Waals surface area contributed by atoms with Gasteiger partial charge in [0.05, 0.1) is 4.92 Å². The fraction of sp³-hybridized carbons (Fsp3) is 0.615. The van der Waals surface area contributed by atoms with Gasteiger partial charge in [0.25, 0.3) is 0 Å². The normalized spacial score (nSPS) is 18.0. The van der Waals surface area contributed by atoms with Crippen molar-refractivity contribution in [3.8, 4) is 0 Å². The summed E-state index contributed by atoms with van der Waals surface area (Å²) < 4.78 is 0.620. The van der Waals surface area contributed by atoms with Gasteiger partial charge in [0, 0.05) is 22.8 Å². The summed E-state index contributed by atoms with van der Waals surface area (Å²) in [6.45, 7) is 2.09. The second kappa shape index (κ2) is 6.32. The minimum atomic E-state index is -0.395. The number of halogens is 1.